The lowest BCUT2D eigenvalue weighted by atomic mass is 10.2. The molecule has 0 saturated carbocycles. The number of pyridine rings is 1. The van der Waals surface area contributed by atoms with Crippen molar-refractivity contribution in [2.75, 3.05) is 0 Å². The molecule has 0 aliphatic carbocycles. The van der Waals surface area contributed by atoms with Crippen molar-refractivity contribution in [2.24, 2.45) is 0 Å². The van der Waals surface area contributed by atoms with Crippen molar-refractivity contribution in [3.63, 3.8) is 0 Å². The summed E-state index contributed by atoms with van der Waals surface area (Å²) < 4.78 is 39.0. The van der Waals surface area contributed by atoms with Crippen molar-refractivity contribution in [3.8, 4) is 0 Å². The summed E-state index contributed by atoms with van der Waals surface area (Å²) in [6, 6.07) is 1.96. The average molecular weight is 330 g/mol. The molecule has 0 bridgehead atoms. The van der Waals surface area contributed by atoms with E-state index in [4.69, 9.17) is 0 Å². The predicted octanol–water partition coefficient (Wildman–Crippen LogP) is 3.08. The van der Waals surface area contributed by atoms with Gasteiger partial charge in [-0.1, -0.05) is 0 Å². The summed E-state index contributed by atoms with van der Waals surface area (Å²) >= 11 is 1.20. The van der Waals surface area contributed by atoms with Crippen LogP contribution in [0, 0.1) is 6.92 Å². The van der Waals surface area contributed by atoms with Gasteiger partial charge in [0.2, 0.25) is 0 Å². The number of halogens is 3. The molecule has 0 aliphatic rings. The standard InChI is InChI=1S/C14H13F3N2O2S/c1-8-12(9(2)20)22-11(18-8)5-7-19-6-3-4-10(13(19)21)14(15,16)17/h3-4,6H,5,7H2,1-2H3. The fourth-order valence-electron chi connectivity index (χ4n) is 2.03. The maximum Gasteiger partial charge on any atom is 0.421 e. The van der Waals surface area contributed by atoms with E-state index in [1.165, 1.54) is 30.5 Å². The Morgan fingerprint density at radius 3 is 2.64 bits per heavy atom. The second-order valence-electron chi connectivity index (χ2n) is 4.75. The number of aromatic nitrogens is 2. The second-order valence-corrected chi connectivity index (χ2v) is 5.83. The molecule has 2 rings (SSSR count). The Hall–Kier alpha value is -1.96. The number of rotatable bonds is 4. The van der Waals surface area contributed by atoms with Crippen molar-refractivity contribution in [2.45, 2.75) is 33.0 Å². The van der Waals surface area contributed by atoms with Gasteiger partial charge in [0, 0.05) is 26.1 Å². The lowest BCUT2D eigenvalue weighted by molar-refractivity contribution is -0.139. The number of carbonyl (C=O) groups is 1. The maximum atomic E-state index is 12.7. The highest BCUT2D eigenvalue weighted by atomic mass is 32.1. The smallest absolute Gasteiger partial charge is 0.315 e. The van der Waals surface area contributed by atoms with E-state index in [0.717, 1.165) is 10.6 Å². The predicted molar refractivity (Wildman–Crippen MR) is 76.3 cm³/mol. The monoisotopic (exact) mass is 330 g/mol. The quantitative estimate of drug-likeness (QED) is 0.810. The number of alkyl halides is 3. The molecule has 2 aromatic heterocycles. The van der Waals surface area contributed by atoms with E-state index in [0.29, 0.717) is 22.0 Å². The second kappa shape index (κ2) is 6.04. The Labute approximate surface area is 128 Å². The van der Waals surface area contributed by atoms with Gasteiger partial charge >= 0.3 is 6.18 Å². The maximum absolute atomic E-state index is 12.7. The summed E-state index contributed by atoms with van der Waals surface area (Å²) in [5.74, 6) is -0.0996. The van der Waals surface area contributed by atoms with Crippen molar-refractivity contribution in [1.29, 1.82) is 0 Å². The lowest BCUT2D eigenvalue weighted by Crippen LogP contribution is -2.28. The Morgan fingerprint density at radius 2 is 2.09 bits per heavy atom. The molecule has 0 unspecified atom stereocenters. The molecule has 0 aromatic carbocycles. The van der Waals surface area contributed by atoms with E-state index >= 15 is 0 Å². The summed E-state index contributed by atoms with van der Waals surface area (Å²) in [6.45, 7) is 3.21. The highest BCUT2D eigenvalue weighted by Gasteiger charge is 2.34. The van der Waals surface area contributed by atoms with Crippen LogP contribution in [0.3, 0.4) is 0 Å². The van der Waals surface area contributed by atoms with Gasteiger partial charge in [-0.05, 0) is 19.1 Å². The first-order chi connectivity index (χ1) is 10.2. The van der Waals surface area contributed by atoms with Crippen LogP contribution in [0.5, 0.6) is 0 Å². The largest absolute Gasteiger partial charge is 0.421 e. The van der Waals surface area contributed by atoms with Crippen LogP contribution in [0.25, 0.3) is 0 Å². The Kier molecular flexibility index (Phi) is 4.50. The average Bonchev–Trinajstić information content (AvgIpc) is 2.77. The van der Waals surface area contributed by atoms with Crippen molar-refractivity contribution in [3.05, 3.63) is 49.8 Å². The van der Waals surface area contributed by atoms with Crippen LogP contribution in [-0.2, 0) is 19.1 Å². The third-order valence-corrected chi connectivity index (χ3v) is 4.37. The SMILES string of the molecule is CC(=O)c1sc(CCn2cccc(C(F)(F)F)c2=O)nc1C. The first kappa shape index (κ1) is 16.4. The summed E-state index contributed by atoms with van der Waals surface area (Å²) in [4.78, 5) is 27.9. The molecule has 0 aliphatic heterocycles. The highest BCUT2D eigenvalue weighted by Crippen LogP contribution is 2.26. The Balaban J connectivity index is 2.21. The molecule has 2 aromatic rings. The summed E-state index contributed by atoms with van der Waals surface area (Å²) in [5.41, 5.74) is -1.66. The molecule has 0 amide bonds. The number of thiazole rings is 1. The van der Waals surface area contributed by atoms with Crippen LogP contribution in [0.2, 0.25) is 0 Å². The highest BCUT2D eigenvalue weighted by molar-refractivity contribution is 7.13. The minimum absolute atomic E-state index is 0.0764. The third-order valence-electron chi connectivity index (χ3n) is 3.05. The topological polar surface area (TPSA) is 52.0 Å². The molecule has 0 fully saturated rings. The van der Waals surface area contributed by atoms with Gasteiger partial charge in [-0.3, -0.25) is 9.59 Å². The van der Waals surface area contributed by atoms with Crippen LogP contribution in [-0.4, -0.2) is 15.3 Å². The fraction of sp³-hybridized carbons (Fsp3) is 0.357. The van der Waals surface area contributed by atoms with Gasteiger partial charge in [0.15, 0.2) is 5.78 Å². The number of carbonyl (C=O) groups excluding carboxylic acids is 1. The van der Waals surface area contributed by atoms with Crippen molar-refractivity contribution in [1.82, 2.24) is 9.55 Å². The van der Waals surface area contributed by atoms with Gasteiger partial charge < -0.3 is 4.57 Å². The van der Waals surface area contributed by atoms with Gasteiger partial charge in [0.25, 0.3) is 5.56 Å². The van der Waals surface area contributed by atoms with Crippen LogP contribution in [0.15, 0.2) is 23.1 Å². The first-order valence-corrected chi connectivity index (χ1v) is 7.25. The van der Waals surface area contributed by atoms with Gasteiger partial charge in [0.05, 0.1) is 15.6 Å². The molecular weight excluding hydrogens is 317 g/mol. The van der Waals surface area contributed by atoms with Gasteiger partial charge in [0.1, 0.15) is 5.56 Å². The van der Waals surface area contributed by atoms with Crippen molar-refractivity contribution < 1.29 is 18.0 Å². The minimum atomic E-state index is -4.67. The minimum Gasteiger partial charge on any atom is -0.315 e. The molecule has 0 spiro atoms. The van der Waals surface area contributed by atoms with Gasteiger partial charge in [-0.15, -0.1) is 11.3 Å². The molecule has 118 valence electrons. The molecular formula is C14H13F3N2O2S. The number of nitrogens with zero attached hydrogens (tertiary/aromatic N) is 2. The lowest BCUT2D eigenvalue weighted by Gasteiger charge is -2.09. The van der Waals surface area contributed by atoms with Gasteiger partial charge in [-0.25, -0.2) is 4.98 Å². The fourth-order valence-corrected chi connectivity index (χ4v) is 2.98. The van der Waals surface area contributed by atoms with E-state index in [1.807, 2.05) is 0 Å². The third kappa shape index (κ3) is 3.44. The van der Waals surface area contributed by atoms with Crippen LogP contribution in [0.4, 0.5) is 13.2 Å². The molecule has 0 radical (unpaired) electrons. The summed E-state index contributed by atoms with van der Waals surface area (Å²) in [5, 5.41) is 0.618. The van der Waals surface area contributed by atoms with Crippen LogP contribution < -0.4 is 5.56 Å². The molecule has 8 heteroatoms. The van der Waals surface area contributed by atoms with Crippen LogP contribution in [0.1, 0.15) is 32.9 Å². The van der Waals surface area contributed by atoms with Gasteiger partial charge in [-0.2, -0.15) is 13.2 Å². The van der Waals surface area contributed by atoms with E-state index in [-0.39, 0.29) is 12.3 Å². The summed E-state index contributed by atoms with van der Waals surface area (Å²) in [7, 11) is 0. The van der Waals surface area contributed by atoms with E-state index in [1.54, 1.807) is 6.92 Å². The number of ketones is 1. The van der Waals surface area contributed by atoms with Crippen molar-refractivity contribution >= 4 is 17.1 Å². The Morgan fingerprint density at radius 1 is 1.41 bits per heavy atom. The van der Waals surface area contributed by atoms with E-state index in [2.05, 4.69) is 4.98 Å². The number of hydrogen-bond acceptors (Lipinski definition) is 4. The number of hydrogen-bond donors (Lipinski definition) is 0. The zero-order valence-corrected chi connectivity index (χ0v) is 12.7. The zero-order valence-electron chi connectivity index (χ0n) is 11.9. The summed E-state index contributed by atoms with van der Waals surface area (Å²) in [6.07, 6.45) is -3.07. The zero-order chi connectivity index (χ0) is 16.5. The normalized spacial score (nSPS) is 11.7. The number of aryl methyl sites for hydroxylation is 3. The Bertz CT molecular complexity index is 762. The molecule has 0 N–H and O–H groups in total. The molecule has 0 atom stereocenters. The molecule has 4 nitrogen and oxygen atoms in total. The molecule has 22 heavy (non-hydrogen) atoms. The molecule has 2 heterocycles. The van der Waals surface area contributed by atoms with E-state index in [9.17, 15) is 22.8 Å². The molecule has 0 saturated heterocycles. The number of Topliss-reactive ketones (excluding diaryl/α,β-unsaturated/α-hetero) is 1. The first-order valence-electron chi connectivity index (χ1n) is 6.44. The van der Waals surface area contributed by atoms with Crippen LogP contribution >= 0.6 is 11.3 Å². The van der Waals surface area contributed by atoms with E-state index < -0.39 is 17.3 Å².